The summed E-state index contributed by atoms with van der Waals surface area (Å²) >= 11 is 0. The first-order chi connectivity index (χ1) is 14.6. The van der Waals surface area contributed by atoms with Gasteiger partial charge in [0.05, 0.1) is 12.8 Å². The molecule has 1 aromatic rings. The number of fused-ring (bicyclic) bond motifs is 1. The van der Waals surface area contributed by atoms with Crippen molar-refractivity contribution < 1.29 is 18.7 Å². The molecule has 1 aliphatic carbocycles. The number of urea groups is 1. The zero-order chi connectivity index (χ0) is 21.1. The fourth-order valence-corrected chi connectivity index (χ4v) is 5.18. The molecule has 1 saturated carbocycles. The van der Waals surface area contributed by atoms with E-state index < -0.39 is 0 Å². The van der Waals surface area contributed by atoms with Gasteiger partial charge in [-0.1, -0.05) is 0 Å². The van der Waals surface area contributed by atoms with E-state index >= 15 is 0 Å². The molecule has 1 N–H and O–H groups in total. The maximum Gasteiger partial charge on any atom is 0.324 e. The van der Waals surface area contributed by atoms with Gasteiger partial charge in [-0.05, 0) is 87.2 Å². The predicted molar refractivity (Wildman–Crippen MR) is 120 cm³/mol. The van der Waals surface area contributed by atoms with Gasteiger partial charge >= 0.3 is 12.0 Å². The maximum atomic E-state index is 14.9. The number of nitrogens with one attached hydrogen (secondary N) is 1. The Morgan fingerprint density at radius 1 is 1.13 bits per heavy atom. The normalized spacial score (nSPS) is 23.7. The Bertz CT molecular complexity index is 799. The molecule has 0 radical (unpaired) electrons. The second kappa shape index (κ2) is 10.6. The highest BCUT2D eigenvalue weighted by atomic mass is 35.5. The highest BCUT2D eigenvalue weighted by Gasteiger charge is 2.37. The Kier molecular flexibility index (Phi) is 8.17. The van der Waals surface area contributed by atoms with Crippen LogP contribution in [-0.2, 0) is 22.4 Å². The van der Waals surface area contributed by atoms with Crippen molar-refractivity contribution >= 4 is 30.1 Å². The van der Waals surface area contributed by atoms with Crippen molar-refractivity contribution in [3.8, 4) is 0 Å². The average Bonchev–Trinajstić information content (AvgIpc) is 2.99. The van der Waals surface area contributed by atoms with Crippen LogP contribution in [0.15, 0.2) is 12.1 Å². The third kappa shape index (κ3) is 5.32. The highest BCUT2D eigenvalue weighted by molar-refractivity contribution is 5.94. The van der Waals surface area contributed by atoms with E-state index in [1.165, 1.54) is 7.11 Å². The van der Waals surface area contributed by atoms with Gasteiger partial charge in [0.2, 0.25) is 0 Å². The van der Waals surface area contributed by atoms with Gasteiger partial charge in [-0.25, -0.2) is 9.18 Å². The maximum absolute atomic E-state index is 14.9. The van der Waals surface area contributed by atoms with E-state index in [4.69, 9.17) is 4.74 Å². The summed E-state index contributed by atoms with van der Waals surface area (Å²) in [6, 6.07) is 3.66. The third-order valence-electron chi connectivity index (χ3n) is 6.98. The van der Waals surface area contributed by atoms with E-state index in [0.717, 1.165) is 69.2 Å². The molecule has 0 aromatic heterocycles. The second-order valence-electron chi connectivity index (χ2n) is 8.74. The molecular weight excluding hydrogens is 421 g/mol. The van der Waals surface area contributed by atoms with Gasteiger partial charge in [-0.3, -0.25) is 9.69 Å². The predicted octanol–water partition coefficient (Wildman–Crippen LogP) is 3.69. The first-order valence-corrected chi connectivity index (χ1v) is 11.2. The van der Waals surface area contributed by atoms with E-state index in [2.05, 4.69) is 5.32 Å². The third-order valence-corrected chi connectivity index (χ3v) is 6.98. The molecule has 2 heterocycles. The summed E-state index contributed by atoms with van der Waals surface area (Å²) in [5.41, 5.74) is 2.62. The van der Waals surface area contributed by atoms with Crippen molar-refractivity contribution in [1.82, 2.24) is 10.2 Å². The summed E-state index contributed by atoms with van der Waals surface area (Å²) < 4.78 is 19.6. The zero-order valence-electron chi connectivity index (χ0n) is 18.2. The van der Waals surface area contributed by atoms with Crippen LogP contribution in [0.3, 0.4) is 0 Å². The summed E-state index contributed by atoms with van der Waals surface area (Å²) in [6.07, 6.45) is 6.95. The number of benzene rings is 1. The highest BCUT2D eigenvalue weighted by Crippen LogP contribution is 2.34. The van der Waals surface area contributed by atoms with E-state index in [0.29, 0.717) is 31.1 Å². The minimum absolute atomic E-state index is 0. The number of nitrogens with zero attached hydrogens (tertiary/aromatic N) is 2. The summed E-state index contributed by atoms with van der Waals surface area (Å²) in [4.78, 5) is 28.1. The molecule has 0 atom stereocenters. The topological polar surface area (TPSA) is 61.9 Å². The molecular formula is C23H33ClFN3O3. The summed E-state index contributed by atoms with van der Waals surface area (Å²) in [5.74, 6) is 0.0724. The van der Waals surface area contributed by atoms with Crippen molar-refractivity contribution in [3.63, 3.8) is 0 Å². The first-order valence-electron chi connectivity index (χ1n) is 11.2. The van der Waals surface area contributed by atoms with Crippen molar-refractivity contribution in [2.75, 3.05) is 38.2 Å². The summed E-state index contributed by atoms with van der Waals surface area (Å²) in [7, 11) is 1.42. The number of amides is 2. The molecule has 4 rings (SSSR count). The average molecular weight is 454 g/mol. The largest absolute Gasteiger partial charge is 0.469 e. The number of esters is 1. The number of ether oxygens (including phenoxy) is 1. The Labute approximate surface area is 189 Å². The molecule has 0 bridgehead atoms. The van der Waals surface area contributed by atoms with Crippen LogP contribution in [-0.4, -0.2) is 56.2 Å². The lowest BCUT2D eigenvalue weighted by Gasteiger charge is -2.34. The number of methoxy groups -OCH3 is 1. The monoisotopic (exact) mass is 453 g/mol. The Morgan fingerprint density at radius 2 is 1.81 bits per heavy atom. The lowest BCUT2D eigenvalue weighted by molar-refractivity contribution is -0.141. The molecule has 8 heteroatoms. The number of rotatable bonds is 5. The van der Waals surface area contributed by atoms with Gasteiger partial charge < -0.3 is 15.0 Å². The van der Waals surface area contributed by atoms with Gasteiger partial charge in [0.1, 0.15) is 5.82 Å². The van der Waals surface area contributed by atoms with Crippen LogP contribution >= 0.6 is 12.4 Å². The molecule has 1 aromatic carbocycles. The molecule has 1 saturated heterocycles. The van der Waals surface area contributed by atoms with Crippen LogP contribution in [0.25, 0.3) is 0 Å². The second-order valence-corrected chi connectivity index (χ2v) is 8.74. The van der Waals surface area contributed by atoms with Crippen LogP contribution in [0.5, 0.6) is 0 Å². The van der Waals surface area contributed by atoms with Crippen molar-refractivity contribution in [2.24, 2.45) is 5.92 Å². The Morgan fingerprint density at radius 3 is 2.48 bits per heavy atom. The van der Waals surface area contributed by atoms with Crippen LogP contribution in [0.2, 0.25) is 0 Å². The molecule has 0 spiro atoms. The van der Waals surface area contributed by atoms with E-state index in [1.54, 1.807) is 11.0 Å². The van der Waals surface area contributed by atoms with Crippen LogP contribution < -0.4 is 10.2 Å². The number of hydrogen-bond donors (Lipinski definition) is 1. The Balaban J connectivity index is 0.00000272. The Hall–Kier alpha value is -1.86. The fourth-order valence-electron chi connectivity index (χ4n) is 5.18. The minimum atomic E-state index is -0.294. The SMILES string of the molecule is COC(=O)CCC1CCC(N2CCN(c3cc4c(cc3F)CCNCC4)C2=O)CC1.Cl. The zero-order valence-corrected chi connectivity index (χ0v) is 19.0. The van der Waals surface area contributed by atoms with Crippen LogP contribution in [0.1, 0.15) is 49.7 Å². The smallest absolute Gasteiger partial charge is 0.324 e. The molecule has 3 aliphatic rings. The van der Waals surface area contributed by atoms with Gasteiger partial charge in [-0.2, -0.15) is 0 Å². The van der Waals surface area contributed by atoms with Crippen LogP contribution in [0, 0.1) is 11.7 Å². The van der Waals surface area contributed by atoms with Gasteiger partial charge in [0, 0.05) is 25.6 Å². The molecule has 6 nitrogen and oxygen atoms in total. The molecule has 31 heavy (non-hydrogen) atoms. The number of carbonyl (C=O) groups excluding carboxylic acids is 2. The summed E-state index contributed by atoms with van der Waals surface area (Å²) in [5, 5.41) is 3.35. The molecule has 2 aliphatic heterocycles. The number of carbonyl (C=O) groups is 2. The molecule has 0 unspecified atom stereocenters. The van der Waals surface area contributed by atoms with Gasteiger partial charge in [0.15, 0.2) is 0 Å². The van der Waals surface area contributed by atoms with Gasteiger partial charge in [0.25, 0.3) is 0 Å². The molecule has 172 valence electrons. The molecule has 2 fully saturated rings. The van der Waals surface area contributed by atoms with Crippen molar-refractivity contribution in [3.05, 3.63) is 29.1 Å². The minimum Gasteiger partial charge on any atom is -0.469 e. The lowest BCUT2D eigenvalue weighted by Crippen LogP contribution is -2.41. The first kappa shape index (κ1) is 23.8. The van der Waals surface area contributed by atoms with Gasteiger partial charge in [-0.15, -0.1) is 12.4 Å². The summed E-state index contributed by atoms with van der Waals surface area (Å²) in [6.45, 7) is 2.94. The lowest BCUT2D eigenvalue weighted by atomic mass is 9.83. The quantitative estimate of drug-likeness (QED) is 0.691. The number of hydrogen-bond acceptors (Lipinski definition) is 4. The number of anilines is 1. The van der Waals surface area contributed by atoms with E-state index in [-0.39, 0.29) is 36.3 Å². The molecule has 2 amide bonds. The van der Waals surface area contributed by atoms with Crippen LogP contribution in [0.4, 0.5) is 14.9 Å². The van der Waals surface area contributed by atoms with E-state index in [1.807, 2.05) is 11.0 Å². The van der Waals surface area contributed by atoms with Crippen molar-refractivity contribution in [1.29, 1.82) is 0 Å². The van der Waals surface area contributed by atoms with E-state index in [9.17, 15) is 14.0 Å². The standard InChI is InChI=1S/C23H32FN3O3.ClH/c1-30-22(28)7-4-16-2-5-19(6-3-16)26-12-13-27(23(26)29)21-15-18-9-11-25-10-8-17(18)14-20(21)24;/h14-16,19,25H,2-13H2,1H3;1H. The fraction of sp³-hybridized carbons (Fsp3) is 0.652. The number of halogens is 2. The van der Waals surface area contributed by atoms with Crippen molar-refractivity contribution in [2.45, 2.75) is 57.4 Å².